The molecule has 0 saturated carbocycles. The van der Waals surface area contributed by atoms with Crippen LogP contribution in [0.5, 0.6) is 0 Å². The van der Waals surface area contributed by atoms with Crippen molar-refractivity contribution in [3.05, 3.63) is 93.7 Å². The number of benzene rings is 3. The minimum Gasteiger partial charge on any atom is -0.323 e. The Morgan fingerprint density at radius 3 is 2.42 bits per heavy atom. The van der Waals surface area contributed by atoms with Gasteiger partial charge in [-0.25, -0.2) is 9.40 Å². The summed E-state index contributed by atoms with van der Waals surface area (Å²) < 4.78 is 14.8. The Labute approximate surface area is 202 Å². The van der Waals surface area contributed by atoms with Crippen molar-refractivity contribution in [3.8, 4) is 0 Å². The van der Waals surface area contributed by atoms with E-state index in [1.165, 1.54) is 12.1 Å². The molecule has 2 heterocycles. The number of fused-ring (bicyclic) bond motifs is 2. The van der Waals surface area contributed by atoms with Crippen molar-refractivity contribution in [2.24, 2.45) is 10.5 Å². The molecule has 0 aliphatic carbocycles. The van der Waals surface area contributed by atoms with Crippen molar-refractivity contribution >= 4 is 46.2 Å². The summed E-state index contributed by atoms with van der Waals surface area (Å²) >= 11 is 12.5. The molecule has 0 unspecified atom stereocenters. The maximum Gasteiger partial charge on any atom is 0.258 e. The van der Waals surface area contributed by atoms with Gasteiger partial charge in [0.05, 0.1) is 22.3 Å². The van der Waals surface area contributed by atoms with Crippen LogP contribution in [-0.2, 0) is 10.3 Å². The monoisotopic (exact) mass is 481 g/mol. The summed E-state index contributed by atoms with van der Waals surface area (Å²) in [5.41, 5.74) is 1.57. The number of halogens is 3. The smallest absolute Gasteiger partial charge is 0.258 e. The number of para-hydroxylation sites is 1. The molecule has 1 N–H and O–H groups in total. The number of hydrazone groups is 1. The number of amides is 1. The lowest BCUT2D eigenvalue weighted by molar-refractivity contribution is -0.120. The summed E-state index contributed by atoms with van der Waals surface area (Å²) in [5.74, 6) is -1.40. The Morgan fingerprint density at radius 1 is 1.03 bits per heavy atom. The van der Waals surface area contributed by atoms with Gasteiger partial charge in [-0.05, 0) is 42.0 Å². The largest absolute Gasteiger partial charge is 0.323 e. The zero-order valence-corrected chi connectivity index (χ0v) is 19.9. The maximum absolute atomic E-state index is 14.8. The van der Waals surface area contributed by atoms with E-state index in [4.69, 9.17) is 28.3 Å². The van der Waals surface area contributed by atoms with E-state index in [2.05, 4.69) is 26.1 Å². The highest BCUT2D eigenvalue weighted by atomic mass is 35.5. The summed E-state index contributed by atoms with van der Waals surface area (Å²) in [6, 6.07) is 19.7. The summed E-state index contributed by atoms with van der Waals surface area (Å²) in [5, 5.41) is 10.2. The quantitative estimate of drug-likeness (QED) is 0.428. The van der Waals surface area contributed by atoms with Crippen LogP contribution in [0.1, 0.15) is 37.8 Å². The lowest BCUT2D eigenvalue weighted by Gasteiger charge is -2.38. The van der Waals surface area contributed by atoms with E-state index in [0.717, 1.165) is 17.0 Å². The van der Waals surface area contributed by atoms with Crippen LogP contribution in [0, 0.1) is 11.2 Å². The first-order chi connectivity index (χ1) is 15.6. The van der Waals surface area contributed by atoms with E-state index in [0.29, 0.717) is 16.3 Å². The number of carbonyl (C=O) groups excluding carboxylic acids is 1. The predicted octanol–water partition coefficient (Wildman–Crippen LogP) is 6.99. The zero-order valence-electron chi connectivity index (χ0n) is 18.4. The second-order valence-electron chi connectivity index (χ2n) is 9.40. The molecule has 0 aromatic heterocycles. The molecule has 33 heavy (non-hydrogen) atoms. The molecule has 1 amide bonds. The molecule has 1 spiro atoms. The van der Waals surface area contributed by atoms with Crippen molar-refractivity contribution < 1.29 is 9.18 Å². The summed E-state index contributed by atoms with van der Waals surface area (Å²) in [6.07, 6.45) is 0. The number of carbonyl (C=O) groups is 1. The number of nitrogens with one attached hydrogen (secondary N) is 1. The molecule has 4 nitrogen and oxygen atoms in total. The molecule has 168 valence electrons. The number of rotatable bonds is 2. The van der Waals surface area contributed by atoms with E-state index in [9.17, 15) is 9.18 Å². The van der Waals surface area contributed by atoms with Crippen LogP contribution in [0.25, 0.3) is 0 Å². The van der Waals surface area contributed by atoms with Crippen LogP contribution in [0.2, 0.25) is 10.0 Å². The zero-order chi connectivity index (χ0) is 23.5. The summed E-state index contributed by atoms with van der Waals surface area (Å²) in [7, 11) is 0. The molecule has 0 bridgehead atoms. The Balaban J connectivity index is 1.88. The summed E-state index contributed by atoms with van der Waals surface area (Å²) in [4.78, 5) is 14.0. The van der Waals surface area contributed by atoms with E-state index in [1.54, 1.807) is 11.1 Å². The molecule has 3 aromatic carbocycles. The fourth-order valence-corrected chi connectivity index (χ4v) is 5.23. The molecule has 2 aliphatic heterocycles. The minimum atomic E-state index is -1.35. The highest BCUT2D eigenvalue weighted by Gasteiger charge is 2.64. The van der Waals surface area contributed by atoms with Gasteiger partial charge in [0.15, 0.2) is 5.54 Å². The van der Waals surface area contributed by atoms with Crippen molar-refractivity contribution in [1.82, 2.24) is 0 Å². The number of nitrogens with zero attached hydrogens (tertiary/aromatic N) is 2. The van der Waals surface area contributed by atoms with Gasteiger partial charge in [-0.3, -0.25) is 4.79 Å². The van der Waals surface area contributed by atoms with E-state index >= 15 is 0 Å². The van der Waals surface area contributed by atoms with Gasteiger partial charge in [0, 0.05) is 21.7 Å². The van der Waals surface area contributed by atoms with Gasteiger partial charge in [0.2, 0.25) is 0 Å². The van der Waals surface area contributed by atoms with Crippen molar-refractivity contribution in [2.75, 3.05) is 10.3 Å². The maximum atomic E-state index is 14.8. The van der Waals surface area contributed by atoms with Crippen LogP contribution < -0.4 is 10.3 Å². The first kappa shape index (κ1) is 21.9. The second-order valence-corrected chi connectivity index (χ2v) is 10.2. The second kappa shape index (κ2) is 7.57. The first-order valence-electron chi connectivity index (χ1n) is 10.6. The lowest BCUT2D eigenvalue weighted by atomic mass is 9.68. The van der Waals surface area contributed by atoms with Crippen LogP contribution in [0.15, 0.2) is 71.8 Å². The fourth-order valence-electron chi connectivity index (χ4n) is 4.87. The normalized spacial score (nSPS) is 21.9. The average Bonchev–Trinajstić information content (AvgIpc) is 3.26. The third kappa shape index (κ3) is 3.25. The molecule has 5 rings (SSSR count). The lowest BCUT2D eigenvalue weighted by Crippen LogP contribution is -2.51. The third-order valence-electron chi connectivity index (χ3n) is 6.25. The van der Waals surface area contributed by atoms with E-state index in [1.807, 2.05) is 48.5 Å². The minimum absolute atomic E-state index is 0.0494. The summed E-state index contributed by atoms with van der Waals surface area (Å²) in [6.45, 7) is 6.17. The van der Waals surface area contributed by atoms with Crippen LogP contribution >= 0.6 is 23.2 Å². The highest BCUT2D eigenvalue weighted by Crippen LogP contribution is 2.57. The molecular weight excluding hydrogens is 460 g/mol. The van der Waals surface area contributed by atoms with E-state index in [-0.39, 0.29) is 10.9 Å². The first-order valence-corrected chi connectivity index (χ1v) is 11.4. The van der Waals surface area contributed by atoms with E-state index < -0.39 is 22.7 Å². The predicted molar refractivity (Wildman–Crippen MR) is 132 cm³/mol. The van der Waals surface area contributed by atoms with Gasteiger partial charge in [-0.2, -0.15) is 5.10 Å². The van der Waals surface area contributed by atoms with Crippen LogP contribution in [0.4, 0.5) is 15.8 Å². The molecule has 0 fully saturated rings. The van der Waals surface area contributed by atoms with Crippen LogP contribution in [0.3, 0.4) is 0 Å². The van der Waals surface area contributed by atoms with Gasteiger partial charge in [-0.15, -0.1) is 0 Å². The number of hydrogen-bond donors (Lipinski definition) is 1. The molecular formula is C26H22Cl2FN3O. The third-order valence-corrected chi connectivity index (χ3v) is 6.77. The fraction of sp³-hybridized carbons (Fsp3) is 0.231. The SMILES string of the molecule is CC(C)(C)C1=NN(c2ccccc2)[C@]2(C(=O)Nc3cc(Cl)c(F)cc32)[C@H]1c1cccc(Cl)c1. The van der Waals surface area contributed by atoms with Gasteiger partial charge in [0.1, 0.15) is 5.82 Å². The Morgan fingerprint density at radius 2 is 1.76 bits per heavy atom. The molecule has 3 aromatic rings. The number of anilines is 2. The highest BCUT2D eigenvalue weighted by molar-refractivity contribution is 6.31. The number of hydrogen-bond acceptors (Lipinski definition) is 3. The molecule has 7 heteroatoms. The average molecular weight is 482 g/mol. The van der Waals surface area contributed by atoms with Crippen molar-refractivity contribution in [1.29, 1.82) is 0 Å². The Kier molecular flexibility index (Phi) is 5.03. The van der Waals surface area contributed by atoms with Crippen molar-refractivity contribution in [2.45, 2.75) is 32.2 Å². The molecule has 2 aliphatic rings. The molecule has 2 atom stereocenters. The van der Waals surface area contributed by atoms with Crippen molar-refractivity contribution in [3.63, 3.8) is 0 Å². The Bertz CT molecular complexity index is 1300. The molecule has 0 radical (unpaired) electrons. The molecule has 0 saturated heterocycles. The topological polar surface area (TPSA) is 44.7 Å². The van der Waals surface area contributed by atoms with Gasteiger partial charge in [0.25, 0.3) is 5.91 Å². The standard InChI is InChI=1S/C26H22Cl2FN3O/c1-25(2,3)23-22(15-8-7-9-16(27)12-15)26(32(31-23)17-10-5-4-6-11-17)18-13-20(29)19(28)14-21(18)30-24(26)33/h4-14,22H,1-3H3,(H,30,33)/t22-,26-/m0/s1. The van der Waals surface area contributed by atoms with Gasteiger partial charge < -0.3 is 5.32 Å². The van der Waals surface area contributed by atoms with Gasteiger partial charge in [-0.1, -0.05) is 74.3 Å². The van der Waals surface area contributed by atoms with Crippen LogP contribution in [-0.4, -0.2) is 11.6 Å². The van der Waals surface area contributed by atoms with Gasteiger partial charge >= 0.3 is 0 Å². The Hall–Kier alpha value is -2.89.